The Morgan fingerprint density at radius 1 is 1.29 bits per heavy atom. The molecule has 4 nitrogen and oxygen atoms in total. The molecule has 0 saturated heterocycles. The van der Waals surface area contributed by atoms with Crippen LogP contribution in [-0.4, -0.2) is 14.5 Å². The summed E-state index contributed by atoms with van der Waals surface area (Å²) < 4.78 is 34.0. The maximum absolute atomic E-state index is 12.4. The molecule has 0 aliphatic heterocycles. The van der Waals surface area contributed by atoms with Crippen molar-refractivity contribution < 1.29 is 12.8 Å². The lowest BCUT2D eigenvalue weighted by atomic mass is 10.2. The van der Waals surface area contributed by atoms with Crippen LogP contribution in [0.15, 0.2) is 54.9 Å². The van der Waals surface area contributed by atoms with Gasteiger partial charge < -0.3 is 4.42 Å². The topological polar surface area (TPSA) is 59.3 Å². The minimum atomic E-state index is -3.56. The van der Waals surface area contributed by atoms with Crippen molar-refractivity contribution in [1.82, 2.24) is 4.72 Å². The largest absolute Gasteiger partial charge is 0.469 e. The molecule has 0 spiro atoms. The molecule has 1 heterocycles. The summed E-state index contributed by atoms with van der Waals surface area (Å²) in [5.74, 6) is 0.852. The highest BCUT2D eigenvalue weighted by atomic mass is 79.9. The molecule has 1 N–H and O–H groups in total. The lowest BCUT2D eigenvalue weighted by Crippen LogP contribution is -2.33. The monoisotopic (exact) mass is 435 g/mol. The third-order valence-corrected chi connectivity index (χ3v) is 6.02. The van der Waals surface area contributed by atoms with Gasteiger partial charge in [-0.2, -0.15) is 0 Å². The van der Waals surface area contributed by atoms with Gasteiger partial charge >= 0.3 is 0 Å². The summed E-state index contributed by atoms with van der Waals surface area (Å²) in [7, 11) is -3.56. The quantitative estimate of drug-likeness (QED) is 0.741. The van der Waals surface area contributed by atoms with E-state index in [1.807, 2.05) is 19.1 Å². The van der Waals surface area contributed by atoms with Crippen molar-refractivity contribution in [2.24, 2.45) is 0 Å². The lowest BCUT2D eigenvalue weighted by molar-refractivity contribution is 0.480. The van der Waals surface area contributed by atoms with Gasteiger partial charge in [0.2, 0.25) is 10.0 Å². The number of rotatable bonds is 6. The molecule has 21 heavy (non-hydrogen) atoms. The van der Waals surface area contributed by atoms with E-state index in [0.717, 1.165) is 5.76 Å². The van der Waals surface area contributed by atoms with E-state index >= 15 is 0 Å². The van der Waals surface area contributed by atoms with Crippen LogP contribution >= 0.6 is 31.9 Å². The van der Waals surface area contributed by atoms with Gasteiger partial charge in [0.15, 0.2) is 0 Å². The first-order valence-electron chi connectivity index (χ1n) is 6.38. The van der Waals surface area contributed by atoms with Crippen LogP contribution in [0.4, 0.5) is 0 Å². The highest BCUT2D eigenvalue weighted by molar-refractivity contribution is 9.11. The zero-order valence-corrected chi connectivity index (χ0v) is 15.3. The van der Waals surface area contributed by atoms with E-state index in [4.69, 9.17) is 4.42 Å². The van der Waals surface area contributed by atoms with Crippen LogP contribution in [0.2, 0.25) is 0 Å². The van der Waals surface area contributed by atoms with Crippen molar-refractivity contribution in [3.05, 3.63) is 51.3 Å². The smallest absolute Gasteiger partial charge is 0.241 e. The van der Waals surface area contributed by atoms with Crippen molar-refractivity contribution in [3.63, 3.8) is 0 Å². The molecule has 1 aromatic carbocycles. The first kappa shape index (κ1) is 16.7. The van der Waals surface area contributed by atoms with E-state index in [9.17, 15) is 8.42 Å². The van der Waals surface area contributed by atoms with Gasteiger partial charge in [0, 0.05) is 21.4 Å². The molecule has 1 atom stereocenters. The van der Waals surface area contributed by atoms with E-state index in [2.05, 4.69) is 36.6 Å². The van der Waals surface area contributed by atoms with Crippen LogP contribution in [0.3, 0.4) is 0 Å². The molecule has 0 aliphatic rings. The molecule has 1 unspecified atom stereocenters. The summed E-state index contributed by atoms with van der Waals surface area (Å²) in [6.07, 6.45) is 2.97. The average Bonchev–Trinajstić information content (AvgIpc) is 2.92. The zero-order chi connectivity index (χ0) is 15.5. The Morgan fingerprint density at radius 3 is 2.71 bits per heavy atom. The van der Waals surface area contributed by atoms with Crippen molar-refractivity contribution in [2.75, 3.05) is 0 Å². The molecule has 2 rings (SSSR count). The summed E-state index contributed by atoms with van der Waals surface area (Å²) in [6.45, 7) is 1.84. The number of sulfonamides is 1. The zero-order valence-electron chi connectivity index (χ0n) is 11.3. The predicted octanol–water partition coefficient (Wildman–Crippen LogP) is 4.10. The first-order chi connectivity index (χ1) is 9.88. The summed E-state index contributed by atoms with van der Waals surface area (Å²) in [6, 6.07) is 8.57. The molecular weight excluding hydrogens is 422 g/mol. The minimum Gasteiger partial charge on any atom is -0.469 e. The molecule has 0 amide bonds. The number of halogens is 2. The number of nitrogens with one attached hydrogen (secondary N) is 1. The fourth-order valence-electron chi connectivity index (χ4n) is 1.88. The van der Waals surface area contributed by atoms with Crippen LogP contribution in [0.5, 0.6) is 0 Å². The second-order valence-corrected chi connectivity index (χ2v) is 8.17. The molecular formula is C14H15Br2NO3S. The van der Waals surface area contributed by atoms with Crippen LogP contribution in [0.25, 0.3) is 0 Å². The van der Waals surface area contributed by atoms with Crippen LogP contribution in [0, 0.1) is 0 Å². The maximum atomic E-state index is 12.4. The molecule has 0 radical (unpaired) electrons. The second-order valence-electron chi connectivity index (χ2n) is 4.72. The van der Waals surface area contributed by atoms with Crippen LogP contribution in [-0.2, 0) is 16.4 Å². The van der Waals surface area contributed by atoms with Crippen molar-refractivity contribution in [3.8, 4) is 0 Å². The molecule has 0 bridgehead atoms. The van der Waals surface area contributed by atoms with Gasteiger partial charge in [0.1, 0.15) is 5.76 Å². The Balaban J connectivity index is 2.04. The Bertz CT molecular complexity index is 699. The lowest BCUT2D eigenvalue weighted by Gasteiger charge is -2.14. The highest BCUT2D eigenvalue weighted by Crippen LogP contribution is 2.25. The Labute approximate surface area is 141 Å². The van der Waals surface area contributed by atoms with Crippen molar-refractivity contribution in [2.45, 2.75) is 30.7 Å². The standard InChI is InChI=1S/C14H15Br2NO3S/c1-10(4-6-12-3-2-8-20-12)17-21(18,19)14-9-11(15)5-7-13(14)16/h2-3,5,7-10,17H,4,6H2,1H3. The Hall–Kier alpha value is -0.630. The summed E-state index contributed by atoms with van der Waals surface area (Å²) in [5, 5.41) is 0. The summed E-state index contributed by atoms with van der Waals surface area (Å²) in [5.41, 5.74) is 0. The first-order valence-corrected chi connectivity index (χ1v) is 9.45. The summed E-state index contributed by atoms with van der Waals surface area (Å²) >= 11 is 6.56. The fraction of sp³-hybridized carbons (Fsp3) is 0.286. The molecule has 2 aromatic rings. The van der Waals surface area contributed by atoms with E-state index in [1.54, 1.807) is 24.5 Å². The van der Waals surface area contributed by atoms with Gasteiger partial charge in [-0.05, 0) is 59.6 Å². The number of hydrogen-bond donors (Lipinski definition) is 1. The Kier molecular flexibility index (Phi) is 5.65. The third kappa shape index (κ3) is 4.67. The number of furan rings is 1. The van der Waals surface area contributed by atoms with Crippen molar-refractivity contribution in [1.29, 1.82) is 0 Å². The van der Waals surface area contributed by atoms with E-state index < -0.39 is 10.0 Å². The Morgan fingerprint density at radius 2 is 2.05 bits per heavy atom. The van der Waals surface area contributed by atoms with Gasteiger partial charge in [-0.3, -0.25) is 0 Å². The van der Waals surface area contributed by atoms with E-state index in [-0.39, 0.29) is 10.9 Å². The van der Waals surface area contributed by atoms with E-state index in [1.165, 1.54) is 0 Å². The molecule has 7 heteroatoms. The molecule has 0 aliphatic carbocycles. The second kappa shape index (κ2) is 7.09. The third-order valence-electron chi connectivity index (χ3n) is 2.94. The summed E-state index contributed by atoms with van der Waals surface area (Å²) in [4.78, 5) is 0.224. The predicted molar refractivity (Wildman–Crippen MR) is 88.7 cm³/mol. The van der Waals surface area contributed by atoms with Gasteiger partial charge in [-0.15, -0.1) is 0 Å². The molecule has 1 aromatic heterocycles. The minimum absolute atomic E-state index is 0.189. The number of hydrogen-bond acceptors (Lipinski definition) is 3. The molecule has 0 fully saturated rings. The van der Waals surface area contributed by atoms with Crippen LogP contribution < -0.4 is 4.72 Å². The number of benzene rings is 1. The molecule has 0 saturated carbocycles. The molecule has 114 valence electrons. The highest BCUT2D eigenvalue weighted by Gasteiger charge is 2.20. The maximum Gasteiger partial charge on any atom is 0.241 e. The fourth-order valence-corrected chi connectivity index (χ4v) is 4.66. The van der Waals surface area contributed by atoms with Gasteiger partial charge in [-0.25, -0.2) is 13.1 Å². The van der Waals surface area contributed by atoms with Crippen molar-refractivity contribution >= 4 is 41.9 Å². The van der Waals surface area contributed by atoms with Crippen LogP contribution in [0.1, 0.15) is 19.1 Å². The van der Waals surface area contributed by atoms with Gasteiger partial charge in [0.05, 0.1) is 11.2 Å². The SMILES string of the molecule is CC(CCc1ccco1)NS(=O)(=O)c1cc(Br)ccc1Br. The average molecular weight is 437 g/mol. The van der Waals surface area contributed by atoms with Gasteiger partial charge in [-0.1, -0.05) is 15.9 Å². The van der Waals surface area contributed by atoms with Gasteiger partial charge in [0.25, 0.3) is 0 Å². The van der Waals surface area contributed by atoms with E-state index in [0.29, 0.717) is 21.8 Å². The number of aryl methyl sites for hydroxylation is 1. The normalized spacial score (nSPS) is 13.3.